The summed E-state index contributed by atoms with van der Waals surface area (Å²) in [5.74, 6) is 0.675. The van der Waals surface area contributed by atoms with Crippen molar-refractivity contribution in [3.8, 4) is 0 Å². The molecule has 7 nitrogen and oxygen atoms in total. The van der Waals surface area contributed by atoms with Crippen LogP contribution in [0.5, 0.6) is 0 Å². The molecule has 3 aromatic rings. The predicted molar refractivity (Wildman–Crippen MR) is 113 cm³/mol. The summed E-state index contributed by atoms with van der Waals surface area (Å²) in [4.78, 5) is 43.9. The van der Waals surface area contributed by atoms with E-state index >= 15 is 0 Å². The van der Waals surface area contributed by atoms with Crippen molar-refractivity contribution in [3.05, 3.63) is 75.2 Å². The van der Waals surface area contributed by atoms with Crippen molar-refractivity contribution < 1.29 is 4.79 Å². The third-order valence-corrected chi connectivity index (χ3v) is 6.35. The summed E-state index contributed by atoms with van der Waals surface area (Å²) < 4.78 is 3.46. The Bertz CT molecular complexity index is 1230. The number of fused-ring (bicyclic) bond motifs is 5. The molecule has 7 heteroatoms. The number of carbonyl (C=O) groups is 1. The SMILES string of the molecule is O=C(CCCn1cnc2ccccc2c1=O)N1CC2CC(C1)c1cccc(=O)n1C2. The van der Waals surface area contributed by atoms with Crippen molar-refractivity contribution in [2.75, 3.05) is 13.1 Å². The number of likely N-dealkylation sites (tertiary alicyclic amines) is 1. The molecule has 0 aliphatic carbocycles. The first-order valence-corrected chi connectivity index (χ1v) is 10.5. The Balaban J connectivity index is 1.24. The van der Waals surface area contributed by atoms with Gasteiger partial charge in [0, 0.05) is 50.3 Å². The van der Waals surface area contributed by atoms with Gasteiger partial charge in [0.25, 0.3) is 11.1 Å². The predicted octanol–water partition coefficient (Wildman–Crippen LogP) is 1.98. The van der Waals surface area contributed by atoms with E-state index in [2.05, 4.69) is 4.98 Å². The van der Waals surface area contributed by atoms with E-state index in [-0.39, 0.29) is 22.9 Å². The van der Waals surface area contributed by atoms with Crippen LogP contribution in [0.15, 0.2) is 58.4 Å². The van der Waals surface area contributed by atoms with Crippen LogP contribution in [0.1, 0.15) is 30.9 Å². The van der Waals surface area contributed by atoms with Crippen LogP contribution in [0.2, 0.25) is 0 Å². The van der Waals surface area contributed by atoms with Crippen LogP contribution >= 0.6 is 0 Å². The second-order valence-corrected chi connectivity index (χ2v) is 8.36. The molecular formula is C23H24N4O3. The van der Waals surface area contributed by atoms with E-state index in [4.69, 9.17) is 0 Å². The lowest BCUT2D eigenvalue weighted by molar-refractivity contribution is -0.134. The van der Waals surface area contributed by atoms with Crippen LogP contribution < -0.4 is 11.1 Å². The Morgan fingerprint density at radius 1 is 1.03 bits per heavy atom. The van der Waals surface area contributed by atoms with Gasteiger partial charge in [0.05, 0.1) is 17.2 Å². The third-order valence-electron chi connectivity index (χ3n) is 6.35. The van der Waals surface area contributed by atoms with Crippen molar-refractivity contribution in [1.29, 1.82) is 0 Å². The van der Waals surface area contributed by atoms with Crippen LogP contribution in [0.25, 0.3) is 10.9 Å². The molecule has 30 heavy (non-hydrogen) atoms. The second kappa shape index (κ2) is 7.55. The van der Waals surface area contributed by atoms with Crippen molar-refractivity contribution in [1.82, 2.24) is 19.0 Å². The Kier molecular flexibility index (Phi) is 4.73. The van der Waals surface area contributed by atoms with Crippen LogP contribution in [0.4, 0.5) is 0 Å². The van der Waals surface area contributed by atoms with Gasteiger partial charge in [-0.1, -0.05) is 18.2 Å². The van der Waals surface area contributed by atoms with E-state index in [1.807, 2.05) is 39.8 Å². The van der Waals surface area contributed by atoms with Gasteiger partial charge < -0.3 is 9.47 Å². The van der Waals surface area contributed by atoms with Gasteiger partial charge in [-0.15, -0.1) is 0 Å². The highest BCUT2D eigenvalue weighted by Gasteiger charge is 2.35. The summed E-state index contributed by atoms with van der Waals surface area (Å²) in [6, 6.07) is 12.7. The van der Waals surface area contributed by atoms with Crippen LogP contribution in [-0.2, 0) is 17.9 Å². The minimum Gasteiger partial charge on any atom is -0.342 e. The van der Waals surface area contributed by atoms with Gasteiger partial charge in [-0.2, -0.15) is 0 Å². The van der Waals surface area contributed by atoms with Crippen molar-refractivity contribution >= 4 is 16.8 Å². The third kappa shape index (κ3) is 3.34. The number of carbonyl (C=O) groups excluding carboxylic acids is 1. The molecule has 2 aliphatic heterocycles. The lowest BCUT2D eigenvalue weighted by Crippen LogP contribution is -2.49. The molecular weight excluding hydrogens is 380 g/mol. The van der Waals surface area contributed by atoms with Crippen LogP contribution in [-0.4, -0.2) is 38.0 Å². The molecule has 0 saturated carbocycles. The topological polar surface area (TPSA) is 77.2 Å². The van der Waals surface area contributed by atoms with Crippen molar-refractivity contribution in [2.45, 2.75) is 38.3 Å². The van der Waals surface area contributed by atoms with E-state index < -0.39 is 0 Å². The molecule has 1 saturated heterocycles. The maximum Gasteiger partial charge on any atom is 0.261 e. The average molecular weight is 404 g/mol. The molecule has 154 valence electrons. The Morgan fingerprint density at radius 3 is 2.80 bits per heavy atom. The number of hydrogen-bond donors (Lipinski definition) is 0. The first kappa shape index (κ1) is 18.8. The lowest BCUT2D eigenvalue weighted by Gasteiger charge is -2.42. The highest BCUT2D eigenvalue weighted by molar-refractivity contribution is 5.77. The minimum absolute atomic E-state index is 0.0522. The molecule has 4 heterocycles. The number of piperidine rings is 1. The number of benzene rings is 1. The zero-order chi connectivity index (χ0) is 20.7. The number of amides is 1. The Hall–Kier alpha value is -3.22. The van der Waals surface area contributed by atoms with E-state index in [1.165, 1.54) is 0 Å². The fourth-order valence-corrected chi connectivity index (χ4v) is 4.92. The molecule has 1 fully saturated rings. The number of para-hydroxylation sites is 1. The Labute approximate surface area is 173 Å². The van der Waals surface area contributed by atoms with Crippen molar-refractivity contribution in [2.24, 2.45) is 5.92 Å². The molecule has 1 aromatic carbocycles. The summed E-state index contributed by atoms with van der Waals surface area (Å²) >= 11 is 0. The number of nitrogens with zero attached hydrogens (tertiary/aromatic N) is 4. The highest BCUT2D eigenvalue weighted by atomic mass is 16.2. The number of aromatic nitrogens is 3. The maximum atomic E-state index is 12.9. The van der Waals surface area contributed by atoms with Crippen LogP contribution in [0.3, 0.4) is 0 Å². The maximum absolute atomic E-state index is 12.9. The van der Waals surface area contributed by atoms with Gasteiger partial charge in [-0.3, -0.25) is 19.0 Å². The standard InChI is InChI=1S/C23H24N4O3/c28-21(9-4-10-25-15-24-19-6-2-1-5-18(19)23(25)30)26-12-16-11-17(14-26)20-7-3-8-22(29)27(20)13-16/h1-3,5-8,15-17H,4,9-14H2. The lowest BCUT2D eigenvalue weighted by atomic mass is 9.83. The summed E-state index contributed by atoms with van der Waals surface area (Å²) in [7, 11) is 0. The molecule has 2 unspecified atom stereocenters. The first-order chi connectivity index (χ1) is 14.6. The van der Waals surface area contributed by atoms with E-state index in [0.29, 0.717) is 55.8 Å². The average Bonchev–Trinajstić information content (AvgIpc) is 2.76. The normalized spacial score (nSPS) is 20.2. The fourth-order valence-electron chi connectivity index (χ4n) is 4.92. The molecule has 1 amide bonds. The van der Waals surface area contributed by atoms with Gasteiger partial charge in [0.15, 0.2) is 0 Å². The molecule has 0 spiro atoms. The molecule has 0 radical (unpaired) electrons. The van der Waals surface area contributed by atoms with E-state index in [0.717, 1.165) is 12.1 Å². The summed E-state index contributed by atoms with van der Waals surface area (Å²) in [6.07, 6.45) is 3.60. The number of aryl methyl sites for hydroxylation is 1. The molecule has 2 aliphatic rings. The van der Waals surface area contributed by atoms with Gasteiger partial charge in [-0.25, -0.2) is 4.98 Å². The van der Waals surface area contributed by atoms with Gasteiger partial charge in [-0.05, 0) is 37.0 Å². The molecule has 2 atom stereocenters. The van der Waals surface area contributed by atoms with Crippen LogP contribution in [0, 0.1) is 5.92 Å². The molecule has 2 aromatic heterocycles. The second-order valence-electron chi connectivity index (χ2n) is 8.36. The van der Waals surface area contributed by atoms with Gasteiger partial charge >= 0.3 is 0 Å². The molecule has 0 N–H and O–H groups in total. The monoisotopic (exact) mass is 404 g/mol. The Morgan fingerprint density at radius 2 is 1.90 bits per heavy atom. The van der Waals surface area contributed by atoms with E-state index in [1.54, 1.807) is 23.0 Å². The number of pyridine rings is 1. The zero-order valence-electron chi connectivity index (χ0n) is 16.7. The largest absolute Gasteiger partial charge is 0.342 e. The molecule has 2 bridgehead atoms. The summed E-state index contributed by atoms with van der Waals surface area (Å²) in [5.41, 5.74) is 1.72. The summed E-state index contributed by atoms with van der Waals surface area (Å²) in [5, 5.41) is 0.601. The van der Waals surface area contributed by atoms with Gasteiger partial charge in [0.2, 0.25) is 5.91 Å². The highest BCUT2D eigenvalue weighted by Crippen LogP contribution is 2.35. The number of hydrogen-bond acceptors (Lipinski definition) is 4. The molecule has 5 rings (SSSR count). The van der Waals surface area contributed by atoms with Crippen molar-refractivity contribution in [3.63, 3.8) is 0 Å². The fraction of sp³-hybridized carbons (Fsp3) is 0.391. The first-order valence-electron chi connectivity index (χ1n) is 10.5. The minimum atomic E-state index is -0.0670. The number of rotatable bonds is 4. The smallest absolute Gasteiger partial charge is 0.261 e. The summed E-state index contributed by atoms with van der Waals surface area (Å²) in [6.45, 7) is 2.53. The quantitative estimate of drug-likeness (QED) is 0.666. The zero-order valence-corrected chi connectivity index (χ0v) is 16.7. The van der Waals surface area contributed by atoms with Gasteiger partial charge in [0.1, 0.15) is 0 Å². The van der Waals surface area contributed by atoms with E-state index in [9.17, 15) is 14.4 Å².